The maximum Gasteiger partial charge on any atom is 0.0706 e. The van der Waals surface area contributed by atoms with E-state index in [1.807, 2.05) is 18.8 Å². The lowest BCUT2D eigenvalue weighted by Gasteiger charge is -2.21. The van der Waals surface area contributed by atoms with Crippen molar-refractivity contribution < 1.29 is 0 Å². The van der Waals surface area contributed by atoms with Gasteiger partial charge in [0.1, 0.15) is 0 Å². The largest absolute Gasteiger partial charge is 0.317 e. The fraction of sp³-hybridized carbons (Fsp3) is 0.533. The van der Waals surface area contributed by atoms with Crippen LogP contribution in [0.25, 0.3) is 10.9 Å². The molecular weight excluding hydrogens is 222 g/mol. The van der Waals surface area contributed by atoms with E-state index in [9.17, 15) is 0 Å². The van der Waals surface area contributed by atoms with Gasteiger partial charge in [-0.05, 0) is 32.4 Å². The van der Waals surface area contributed by atoms with Crippen molar-refractivity contribution in [1.29, 1.82) is 0 Å². The summed E-state index contributed by atoms with van der Waals surface area (Å²) in [5.41, 5.74) is 2.45. The van der Waals surface area contributed by atoms with E-state index in [1.54, 1.807) is 0 Å². The highest BCUT2D eigenvalue weighted by Gasteiger charge is 2.17. The molecule has 0 aliphatic rings. The molecule has 18 heavy (non-hydrogen) atoms. The Labute approximate surface area is 109 Å². The fourth-order valence-corrected chi connectivity index (χ4v) is 2.60. The molecular formula is C15H23N3. The van der Waals surface area contributed by atoms with Crippen molar-refractivity contribution in [3.05, 3.63) is 30.0 Å². The van der Waals surface area contributed by atoms with E-state index in [1.165, 1.54) is 23.0 Å². The molecule has 1 heterocycles. The highest BCUT2D eigenvalue weighted by atomic mass is 15.3. The monoisotopic (exact) mass is 245 g/mol. The van der Waals surface area contributed by atoms with Gasteiger partial charge >= 0.3 is 0 Å². The number of para-hydroxylation sites is 1. The van der Waals surface area contributed by atoms with E-state index in [0.29, 0.717) is 12.0 Å². The summed E-state index contributed by atoms with van der Waals surface area (Å²) in [7, 11) is 4.05. The molecule has 0 amide bonds. The molecule has 3 heteroatoms. The van der Waals surface area contributed by atoms with Crippen LogP contribution in [-0.2, 0) is 13.5 Å². The zero-order valence-corrected chi connectivity index (χ0v) is 11.8. The maximum atomic E-state index is 4.68. The van der Waals surface area contributed by atoms with Gasteiger partial charge in [-0.25, -0.2) is 0 Å². The van der Waals surface area contributed by atoms with Gasteiger partial charge in [0.2, 0.25) is 0 Å². The molecule has 0 saturated carbocycles. The van der Waals surface area contributed by atoms with E-state index in [0.717, 1.165) is 6.42 Å². The first-order valence-corrected chi connectivity index (χ1v) is 6.75. The Morgan fingerprint density at radius 2 is 2.06 bits per heavy atom. The highest BCUT2D eigenvalue weighted by Crippen LogP contribution is 2.22. The predicted octanol–water partition coefficient (Wildman–Crippen LogP) is 2.75. The minimum Gasteiger partial charge on any atom is -0.317 e. The van der Waals surface area contributed by atoms with Crippen LogP contribution in [0, 0.1) is 5.92 Å². The first-order valence-electron chi connectivity index (χ1n) is 6.75. The van der Waals surface area contributed by atoms with Gasteiger partial charge in [0, 0.05) is 18.5 Å². The van der Waals surface area contributed by atoms with Gasteiger partial charge in [0.25, 0.3) is 0 Å². The molecule has 1 aromatic carbocycles. The maximum absolute atomic E-state index is 4.68. The second-order valence-electron chi connectivity index (χ2n) is 5.04. The second-order valence-corrected chi connectivity index (χ2v) is 5.04. The molecule has 0 radical (unpaired) electrons. The van der Waals surface area contributed by atoms with E-state index in [2.05, 4.69) is 48.5 Å². The van der Waals surface area contributed by atoms with Crippen LogP contribution in [0.5, 0.6) is 0 Å². The number of benzene rings is 1. The van der Waals surface area contributed by atoms with Crippen molar-refractivity contribution in [1.82, 2.24) is 15.1 Å². The molecule has 2 aromatic rings. The van der Waals surface area contributed by atoms with Crippen LogP contribution in [0.2, 0.25) is 0 Å². The van der Waals surface area contributed by atoms with Crippen molar-refractivity contribution in [2.24, 2.45) is 13.0 Å². The SMILES string of the molecule is CCC(Cc1nn(C)c2ccccc12)C(C)NC. The number of nitrogens with one attached hydrogen (secondary N) is 1. The molecule has 1 aromatic heterocycles. The standard InChI is InChI=1S/C15H23N3/c1-5-12(11(2)16-3)10-14-13-8-6-7-9-15(13)18(4)17-14/h6-9,11-12,16H,5,10H2,1-4H3. The molecule has 0 fully saturated rings. The third-order valence-corrected chi connectivity index (χ3v) is 3.98. The molecule has 3 nitrogen and oxygen atoms in total. The van der Waals surface area contributed by atoms with Crippen molar-refractivity contribution in [2.45, 2.75) is 32.7 Å². The van der Waals surface area contributed by atoms with Gasteiger partial charge in [0.05, 0.1) is 11.2 Å². The summed E-state index contributed by atoms with van der Waals surface area (Å²) in [6.45, 7) is 4.50. The van der Waals surface area contributed by atoms with Gasteiger partial charge < -0.3 is 5.32 Å². The van der Waals surface area contributed by atoms with Gasteiger partial charge in [-0.3, -0.25) is 4.68 Å². The van der Waals surface area contributed by atoms with Crippen molar-refractivity contribution in [3.8, 4) is 0 Å². The summed E-state index contributed by atoms with van der Waals surface area (Å²) in [5.74, 6) is 0.633. The quantitative estimate of drug-likeness (QED) is 0.878. The number of fused-ring (bicyclic) bond motifs is 1. The molecule has 2 rings (SSSR count). The van der Waals surface area contributed by atoms with Gasteiger partial charge in [-0.1, -0.05) is 31.5 Å². The van der Waals surface area contributed by atoms with Gasteiger partial charge in [0.15, 0.2) is 0 Å². The number of aromatic nitrogens is 2. The van der Waals surface area contributed by atoms with Crippen molar-refractivity contribution in [3.63, 3.8) is 0 Å². The Morgan fingerprint density at radius 1 is 1.33 bits per heavy atom. The van der Waals surface area contributed by atoms with Crippen molar-refractivity contribution in [2.75, 3.05) is 7.05 Å². The third kappa shape index (κ3) is 2.41. The normalized spacial score (nSPS) is 14.9. The number of hydrogen-bond acceptors (Lipinski definition) is 2. The fourth-order valence-electron chi connectivity index (χ4n) is 2.60. The lowest BCUT2D eigenvalue weighted by molar-refractivity contribution is 0.378. The second kappa shape index (κ2) is 5.53. The Bertz CT molecular complexity index is 515. The van der Waals surface area contributed by atoms with Gasteiger partial charge in [-0.15, -0.1) is 0 Å². The topological polar surface area (TPSA) is 29.9 Å². The number of hydrogen-bond donors (Lipinski definition) is 1. The number of nitrogens with zero attached hydrogens (tertiary/aromatic N) is 2. The van der Waals surface area contributed by atoms with Crippen LogP contribution in [-0.4, -0.2) is 22.9 Å². The van der Waals surface area contributed by atoms with Crippen LogP contribution in [0.3, 0.4) is 0 Å². The van der Waals surface area contributed by atoms with Crippen molar-refractivity contribution >= 4 is 10.9 Å². The smallest absolute Gasteiger partial charge is 0.0706 e. The number of rotatable bonds is 5. The van der Waals surface area contributed by atoms with Gasteiger partial charge in [-0.2, -0.15) is 5.10 Å². The lowest BCUT2D eigenvalue weighted by atomic mass is 9.92. The molecule has 1 N–H and O–H groups in total. The summed E-state index contributed by atoms with van der Waals surface area (Å²) in [6.07, 6.45) is 2.22. The zero-order chi connectivity index (χ0) is 13.1. The van der Waals surface area contributed by atoms with E-state index >= 15 is 0 Å². The predicted molar refractivity (Wildman–Crippen MR) is 76.7 cm³/mol. The molecule has 0 saturated heterocycles. The highest BCUT2D eigenvalue weighted by molar-refractivity contribution is 5.81. The van der Waals surface area contributed by atoms with Crippen LogP contribution < -0.4 is 5.32 Å². The summed E-state index contributed by atoms with van der Waals surface area (Å²) in [6, 6.07) is 9.00. The van der Waals surface area contributed by atoms with Crippen LogP contribution >= 0.6 is 0 Å². The van der Waals surface area contributed by atoms with E-state index in [-0.39, 0.29) is 0 Å². The Balaban J connectivity index is 2.31. The molecule has 0 bridgehead atoms. The average Bonchev–Trinajstić information content (AvgIpc) is 2.72. The minimum atomic E-state index is 0.524. The molecule has 0 aliphatic heterocycles. The summed E-state index contributed by atoms with van der Waals surface area (Å²) in [4.78, 5) is 0. The Kier molecular flexibility index (Phi) is 4.02. The molecule has 0 spiro atoms. The Hall–Kier alpha value is -1.35. The average molecular weight is 245 g/mol. The third-order valence-electron chi connectivity index (χ3n) is 3.98. The molecule has 2 atom stereocenters. The molecule has 0 aliphatic carbocycles. The summed E-state index contributed by atoms with van der Waals surface area (Å²) in [5, 5.41) is 9.33. The van der Waals surface area contributed by atoms with E-state index < -0.39 is 0 Å². The summed E-state index contributed by atoms with van der Waals surface area (Å²) < 4.78 is 1.99. The van der Waals surface area contributed by atoms with Crippen LogP contribution in [0.1, 0.15) is 26.0 Å². The molecule has 2 unspecified atom stereocenters. The van der Waals surface area contributed by atoms with Crippen LogP contribution in [0.4, 0.5) is 0 Å². The first-order chi connectivity index (χ1) is 8.67. The van der Waals surface area contributed by atoms with E-state index in [4.69, 9.17) is 0 Å². The Morgan fingerprint density at radius 3 is 2.72 bits per heavy atom. The zero-order valence-electron chi connectivity index (χ0n) is 11.8. The minimum absolute atomic E-state index is 0.524. The lowest BCUT2D eigenvalue weighted by Crippen LogP contribution is -2.31. The number of aryl methyl sites for hydroxylation is 1. The summed E-state index contributed by atoms with van der Waals surface area (Å²) >= 11 is 0. The first kappa shape index (κ1) is 13.1. The molecule has 98 valence electrons. The van der Waals surface area contributed by atoms with Crippen LogP contribution in [0.15, 0.2) is 24.3 Å².